The van der Waals surface area contributed by atoms with Gasteiger partial charge in [0.05, 0.1) is 6.61 Å². The number of hydrogen-bond acceptors (Lipinski definition) is 3. The standard InChI is InChI=1S/C8H19NOS/c1-4-10-6-5-9-8(2)7-11-3/h8-9H,4-7H2,1-3H3. The van der Waals surface area contributed by atoms with Crippen molar-refractivity contribution < 1.29 is 4.74 Å². The second-order valence-corrected chi connectivity index (χ2v) is 3.42. The molecule has 0 radical (unpaired) electrons. The van der Waals surface area contributed by atoms with Gasteiger partial charge in [-0.25, -0.2) is 0 Å². The van der Waals surface area contributed by atoms with Crippen LogP contribution in [0.2, 0.25) is 0 Å². The zero-order chi connectivity index (χ0) is 8.53. The molecule has 0 saturated carbocycles. The first kappa shape index (κ1) is 11.3. The average molecular weight is 177 g/mol. The van der Waals surface area contributed by atoms with Gasteiger partial charge in [-0.1, -0.05) is 0 Å². The Morgan fingerprint density at radius 3 is 2.82 bits per heavy atom. The molecule has 0 spiro atoms. The van der Waals surface area contributed by atoms with Gasteiger partial charge in [-0.2, -0.15) is 11.8 Å². The molecule has 0 aromatic carbocycles. The van der Waals surface area contributed by atoms with Gasteiger partial charge < -0.3 is 10.1 Å². The third-order valence-corrected chi connectivity index (χ3v) is 2.19. The highest BCUT2D eigenvalue weighted by Crippen LogP contribution is 1.94. The quantitative estimate of drug-likeness (QED) is 0.593. The van der Waals surface area contributed by atoms with Gasteiger partial charge in [-0.05, 0) is 20.1 Å². The van der Waals surface area contributed by atoms with E-state index in [1.54, 1.807) is 0 Å². The van der Waals surface area contributed by atoms with Crippen LogP contribution in [0.5, 0.6) is 0 Å². The molecule has 1 atom stereocenters. The molecule has 0 saturated heterocycles. The van der Waals surface area contributed by atoms with E-state index in [2.05, 4.69) is 18.5 Å². The predicted octanol–water partition coefficient (Wildman–Crippen LogP) is 1.36. The highest BCUT2D eigenvalue weighted by Gasteiger charge is 1.97. The summed E-state index contributed by atoms with van der Waals surface area (Å²) in [4.78, 5) is 0. The molecular formula is C8H19NOS. The summed E-state index contributed by atoms with van der Waals surface area (Å²) in [5.74, 6) is 1.17. The average Bonchev–Trinajstić information content (AvgIpc) is 1.99. The molecule has 3 heteroatoms. The van der Waals surface area contributed by atoms with E-state index >= 15 is 0 Å². The molecule has 0 aliphatic carbocycles. The second kappa shape index (κ2) is 8.37. The van der Waals surface area contributed by atoms with Crippen molar-refractivity contribution in [3.63, 3.8) is 0 Å². The van der Waals surface area contributed by atoms with Crippen LogP contribution in [-0.2, 0) is 4.74 Å². The lowest BCUT2D eigenvalue weighted by molar-refractivity contribution is 0.148. The van der Waals surface area contributed by atoms with Crippen molar-refractivity contribution in [2.24, 2.45) is 0 Å². The fourth-order valence-corrected chi connectivity index (χ4v) is 1.45. The van der Waals surface area contributed by atoms with E-state index in [4.69, 9.17) is 4.74 Å². The highest BCUT2D eigenvalue weighted by molar-refractivity contribution is 7.98. The molecule has 0 bridgehead atoms. The van der Waals surface area contributed by atoms with Crippen molar-refractivity contribution in [1.82, 2.24) is 5.32 Å². The first-order chi connectivity index (χ1) is 5.31. The Morgan fingerprint density at radius 2 is 2.27 bits per heavy atom. The zero-order valence-corrected chi connectivity index (χ0v) is 8.54. The Morgan fingerprint density at radius 1 is 1.55 bits per heavy atom. The lowest BCUT2D eigenvalue weighted by Gasteiger charge is -2.11. The van der Waals surface area contributed by atoms with Crippen LogP contribution in [0.3, 0.4) is 0 Å². The molecule has 0 aromatic rings. The van der Waals surface area contributed by atoms with Crippen LogP contribution >= 0.6 is 11.8 Å². The fourth-order valence-electron chi connectivity index (χ4n) is 0.831. The fraction of sp³-hybridized carbons (Fsp3) is 1.00. The first-order valence-electron chi connectivity index (χ1n) is 4.11. The van der Waals surface area contributed by atoms with E-state index in [1.165, 1.54) is 5.75 Å². The van der Waals surface area contributed by atoms with E-state index in [-0.39, 0.29) is 0 Å². The summed E-state index contributed by atoms with van der Waals surface area (Å²) in [5, 5.41) is 3.37. The first-order valence-corrected chi connectivity index (χ1v) is 5.50. The number of rotatable bonds is 7. The van der Waals surface area contributed by atoms with Gasteiger partial charge in [0.15, 0.2) is 0 Å². The van der Waals surface area contributed by atoms with Crippen molar-refractivity contribution in [2.75, 3.05) is 31.8 Å². The van der Waals surface area contributed by atoms with E-state index in [1.807, 2.05) is 18.7 Å². The molecule has 1 N–H and O–H groups in total. The summed E-state index contributed by atoms with van der Waals surface area (Å²) >= 11 is 1.87. The van der Waals surface area contributed by atoms with Crippen molar-refractivity contribution in [3.8, 4) is 0 Å². The Bertz CT molecular complexity index is 80.5. The molecule has 0 amide bonds. The lowest BCUT2D eigenvalue weighted by atomic mass is 10.4. The smallest absolute Gasteiger partial charge is 0.0590 e. The topological polar surface area (TPSA) is 21.3 Å². The zero-order valence-electron chi connectivity index (χ0n) is 7.72. The van der Waals surface area contributed by atoms with Crippen LogP contribution in [0.25, 0.3) is 0 Å². The van der Waals surface area contributed by atoms with Crippen LogP contribution in [0.4, 0.5) is 0 Å². The lowest BCUT2D eigenvalue weighted by Crippen LogP contribution is -2.31. The minimum absolute atomic E-state index is 0.602. The molecule has 1 unspecified atom stereocenters. The van der Waals surface area contributed by atoms with Gasteiger partial charge >= 0.3 is 0 Å². The minimum atomic E-state index is 0.602. The molecule has 68 valence electrons. The normalized spacial score (nSPS) is 13.4. The number of nitrogens with one attached hydrogen (secondary N) is 1. The molecule has 0 heterocycles. The number of hydrogen-bond donors (Lipinski definition) is 1. The Labute approximate surface area is 74.1 Å². The van der Waals surface area contributed by atoms with Crippen molar-refractivity contribution in [2.45, 2.75) is 19.9 Å². The third-order valence-electron chi connectivity index (χ3n) is 1.36. The Balaban J connectivity index is 2.97. The van der Waals surface area contributed by atoms with Crippen LogP contribution in [-0.4, -0.2) is 37.8 Å². The largest absolute Gasteiger partial charge is 0.380 e. The molecule has 11 heavy (non-hydrogen) atoms. The Hall–Kier alpha value is 0.270. The third kappa shape index (κ3) is 8.17. The maximum atomic E-state index is 5.19. The van der Waals surface area contributed by atoms with E-state index in [0.29, 0.717) is 6.04 Å². The molecule has 0 aliphatic heterocycles. The van der Waals surface area contributed by atoms with E-state index < -0.39 is 0 Å². The monoisotopic (exact) mass is 177 g/mol. The van der Waals surface area contributed by atoms with Crippen LogP contribution in [0.1, 0.15) is 13.8 Å². The van der Waals surface area contributed by atoms with Crippen molar-refractivity contribution >= 4 is 11.8 Å². The molecule has 2 nitrogen and oxygen atoms in total. The summed E-state index contributed by atoms with van der Waals surface area (Å²) in [6.45, 7) is 6.83. The summed E-state index contributed by atoms with van der Waals surface area (Å²) in [6.07, 6.45) is 2.13. The van der Waals surface area contributed by atoms with Crippen LogP contribution in [0.15, 0.2) is 0 Å². The maximum absolute atomic E-state index is 5.19. The molecular weight excluding hydrogens is 158 g/mol. The SMILES string of the molecule is CCOCCNC(C)CSC. The van der Waals surface area contributed by atoms with Gasteiger partial charge in [0.1, 0.15) is 0 Å². The summed E-state index contributed by atoms with van der Waals surface area (Å²) < 4.78 is 5.19. The number of ether oxygens (including phenoxy) is 1. The van der Waals surface area contributed by atoms with Gasteiger partial charge in [-0.15, -0.1) is 0 Å². The number of thioether (sulfide) groups is 1. The Kier molecular flexibility index (Phi) is 8.57. The van der Waals surface area contributed by atoms with Crippen molar-refractivity contribution in [1.29, 1.82) is 0 Å². The summed E-state index contributed by atoms with van der Waals surface area (Å²) in [5.41, 5.74) is 0. The molecule has 0 rings (SSSR count). The minimum Gasteiger partial charge on any atom is -0.380 e. The van der Waals surface area contributed by atoms with Gasteiger partial charge in [0.25, 0.3) is 0 Å². The van der Waals surface area contributed by atoms with Gasteiger partial charge in [-0.3, -0.25) is 0 Å². The second-order valence-electron chi connectivity index (χ2n) is 2.51. The van der Waals surface area contributed by atoms with E-state index in [0.717, 1.165) is 19.8 Å². The van der Waals surface area contributed by atoms with E-state index in [9.17, 15) is 0 Å². The van der Waals surface area contributed by atoms with Crippen molar-refractivity contribution in [3.05, 3.63) is 0 Å². The molecule has 0 fully saturated rings. The maximum Gasteiger partial charge on any atom is 0.0590 e. The highest BCUT2D eigenvalue weighted by atomic mass is 32.2. The molecule has 0 aromatic heterocycles. The van der Waals surface area contributed by atoms with Crippen LogP contribution in [0, 0.1) is 0 Å². The molecule has 0 aliphatic rings. The summed E-state index contributed by atoms with van der Waals surface area (Å²) in [7, 11) is 0. The summed E-state index contributed by atoms with van der Waals surface area (Å²) in [6, 6.07) is 0.602. The van der Waals surface area contributed by atoms with Crippen LogP contribution < -0.4 is 5.32 Å². The van der Waals surface area contributed by atoms with Gasteiger partial charge in [0.2, 0.25) is 0 Å². The predicted molar refractivity (Wildman–Crippen MR) is 52.3 cm³/mol. The van der Waals surface area contributed by atoms with Gasteiger partial charge in [0, 0.05) is 24.9 Å².